The van der Waals surface area contributed by atoms with Gasteiger partial charge >= 0.3 is 6.18 Å². The summed E-state index contributed by atoms with van der Waals surface area (Å²) in [6, 6.07) is 6.36. The van der Waals surface area contributed by atoms with Crippen molar-refractivity contribution in [2.24, 2.45) is 0 Å². The number of aromatic nitrogens is 2. The fourth-order valence-corrected chi connectivity index (χ4v) is 3.84. The van der Waals surface area contributed by atoms with Gasteiger partial charge in [0.25, 0.3) is 5.91 Å². The third kappa shape index (κ3) is 4.90. The molecule has 7 nitrogen and oxygen atoms in total. The van der Waals surface area contributed by atoms with Crippen LogP contribution in [0.1, 0.15) is 15.9 Å². The highest BCUT2D eigenvalue weighted by molar-refractivity contribution is 5.94. The van der Waals surface area contributed by atoms with Crippen LogP contribution in [0.4, 0.5) is 24.8 Å². The topological polar surface area (TPSA) is 55.8 Å². The van der Waals surface area contributed by atoms with Gasteiger partial charge in [0.05, 0.1) is 5.56 Å². The number of benzene rings is 1. The summed E-state index contributed by atoms with van der Waals surface area (Å²) in [6.07, 6.45) is -2.84. The Morgan fingerprint density at radius 2 is 1.35 bits per heavy atom. The number of carbonyl (C=O) groups excluding carboxylic acids is 1. The van der Waals surface area contributed by atoms with Crippen LogP contribution in [0, 0.1) is 0 Å². The molecule has 166 valence electrons. The number of anilines is 2. The van der Waals surface area contributed by atoms with E-state index in [9.17, 15) is 18.0 Å². The number of halogens is 3. The third-order valence-corrected chi connectivity index (χ3v) is 5.82. The Bertz CT molecular complexity index is 904. The second-order valence-electron chi connectivity index (χ2n) is 7.88. The number of alkyl halides is 3. The van der Waals surface area contributed by atoms with Crippen LogP contribution in [0.5, 0.6) is 0 Å². The molecule has 0 unspecified atom stereocenters. The Hall–Kier alpha value is -2.88. The summed E-state index contributed by atoms with van der Waals surface area (Å²) >= 11 is 0. The predicted octanol–water partition coefficient (Wildman–Crippen LogP) is 2.21. The van der Waals surface area contributed by atoms with Crippen LogP contribution in [-0.4, -0.2) is 85.1 Å². The molecule has 2 aromatic rings. The van der Waals surface area contributed by atoms with Crippen LogP contribution in [0.25, 0.3) is 0 Å². The zero-order valence-corrected chi connectivity index (χ0v) is 17.3. The lowest BCUT2D eigenvalue weighted by Gasteiger charge is -2.36. The van der Waals surface area contributed by atoms with Crippen LogP contribution in [0.2, 0.25) is 0 Å². The number of likely N-dealkylation sites (N-methyl/N-ethyl adjacent to an activating group) is 1. The second-order valence-corrected chi connectivity index (χ2v) is 7.88. The van der Waals surface area contributed by atoms with Crippen molar-refractivity contribution in [3.63, 3.8) is 0 Å². The first kappa shape index (κ1) is 21.4. The Labute approximate surface area is 179 Å². The first-order chi connectivity index (χ1) is 14.8. The number of piperazine rings is 2. The third-order valence-electron chi connectivity index (χ3n) is 5.82. The van der Waals surface area contributed by atoms with Gasteiger partial charge in [0.2, 0.25) is 0 Å². The molecule has 0 radical (unpaired) electrons. The zero-order valence-electron chi connectivity index (χ0n) is 17.3. The molecule has 3 heterocycles. The molecule has 0 atom stereocenters. The van der Waals surface area contributed by atoms with Crippen molar-refractivity contribution in [1.29, 1.82) is 0 Å². The molecule has 10 heteroatoms. The monoisotopic (exact) mass is 434 g/mol. The second kappa shape index (κ2) is 8.70. The number of amides is 1. The molecule has 0 N–H and O–H groups in total. The fraction of sp³-hybridized carbons (Fsp3) is 0.476. The minimum absolute atomic E-state index is 0.255. The smallest absolute Gasteiger partial charge is 0.354 e. The number of rotatable bonds is 3. The fourth-order valence-electron chi connectivity index (χ4n) is 3.84. The van der Waals surface area contributed by atoms with Gasteiger partial charge in [-0.15, -0.1) is 0 Å². The maximum Gasteiger partial charge on any atom is 0.416 e. The minimum Gasteiger partial charge on any atom is -0.354 e. The summed E-state index contributed by atoms with van der Waals surface area (Å²) in [5, 5.41) is 0. The summed E-state index contributed by atoms with van der Waals surface area (Å²) < 4.78 is 38.2. The number of hydrogen-bond donors (Lipinski definition) is 0. The first-order valence-corrected chi connectivity index (χ1v) is 10.3. The first-order valence-electron chi connectivity index (χ1n) is 10.3. The summed E-state index contributed by atoms with van der Waals surface area (Å²) in [5.74, 6) is 1.47. The Kier molecular flexibility index (Phi) is 5.99. The Balaban J connectivity index is 1.36. The van der Waals surface area contributed by atoms with Gasteiger partial charge in [-0.1, -0.05) is 0 Å². The van der Waals surface area contributed by atoms with Gasteiger partial charge in [-0.25, -0.2) is 9.97 Å². The van der Waals surface area contributed by atoms with E-state index in [2.05, 4.69) is 31.7 Å². The normalized spacial score (nSPS) is 18.4. The van der Waals surface area contributed by atoms with Gasteiger partial charge in [-0.3, -0.25) is 4.79 Å². The van der Waals surface area contributed by atoms with Crippen LogP contribution >= 0.6 is 0 Å². The van der Waals surface area contributed by atoms with Crippen LogP contribution in [0.15, 0.2) is 36.7 Å². The van der Waals surface area contributed by atoms with Gasteiger partial charge in [-0.05, 0) is 31.3 Å². The van der Waals surface area contributed by atoms with Gasteiger partial charge in [-0.2, -0.15) is 13.2 Å². The van der Waals surface area contributed by atoms with E-state index < -0.39 is 11.7 Å². The standard InChI is InChI=1S/C21H25F3N6O/c1-27-6-8-28(9-7-27)18-14-19(26-15-25-18)29-10-12-30(13-11-29)20(31)16-2-4-17(5-3-16)21(22,23)24/h2-5,14-15H,6-13H2,1H3. The molecular weight excluding hydrogens is 409 g/mol. The summed E-state index contributed by atoms with van der Waals surface area (Å²) in [5.41, 5.74) is -0.491. The molecule has 2 aliphatic heterocycles. The van der Waals surface area contributed by atoms with Crippen LogP contribution < -0.4 is 9.80 Å². The van der Waals surface area contributed by atoms with E-state index in [0.29, 0.717) is 26.2 Å². The zero-order chi connectivity index (χ0) is 22.0. The van der Waals surface area contributed by atoms with Crippen molar-refractivity contribution >= 4 is 17.5 Å². The van der Waals surface area contributed by atoms with Crippen molar-refractivity contribution in [2.45, 2.75) is 6.18 Å². The predicted molar refractivity (Wildman–Crippen MR) is 111 cm³/mol. The summed E-state index contributed by atoms with van der Waals surface area (Å²) in [6.45, 7) is 5.98. The molecule has 2 fully saturated rings. The average molecular weight is 434 g/mol. The molecule has 0 bridgehead atoms. The molecule has 2 saturated heterocycles. The highest BCUT2D eigenvalue weighted by Gasteiger charge is 2.31. The maximum atomic E-state index is 12.7. The number of nitrogens with zero attached hydrogens (tertiary/aromatic N) is 6. The largest absolute Gasteiger partial charge is 0.416 e. The van der Waals surface area contributed by atoms with Crippen molar-refractivity contribution in [1.82, 2.24) is 19.8 Å². The lowest BCUT2D eigenvalue weighted by atomic mass is 10.1. The van der Waals surface area contributed by atoms with Crippen molar-refractivity contribution in [3.8, 4) is 0 Å². The SMILES string of the molecule is CN1CCN(c2cc(N3CCN(C(=O)c4ccc(C(F)(F)F)cc4)CC3)ncn2)CC1. The molecule has 1 aromatic carbocycles. The van der Waals surface area contributed by atoms with Gasteiger partial charge in [0.1, 0.15) is 18.0 Å². The van der Waals surface area contributed by atoms with Crippen molar-refractivity contribution in [2.75, 3.05) is 69.2 Å². The molecule has 0 aliphatic carbocycles. The number of carbonyl (C=O) groups is 1. The average Bonchev–Trinajstić information content (AvgIpc) is 2.79. The van der Waals surface area contributed by atoms with E-state index in [4.69, 9.17) is 0 Å². The molecule has 1 amide bonds. The van der Waals surface area contributed by atoms with E-state index in [0.717, 1.165) is 49.9 Å². The molecule has 0 spiro atoms. The van der Waals surface area contributed by atoms with Crippen LogP contribution in [-0.2, 0) is 6.18 Å². The quantitative estimate of drug-likeness (QED) is 0.739. The number of hydrogen-bond acceptors (Lipinski definition) is 6. The lowest BCUT2D eigenvalue weighted by Crippen LogP contribution is -2.49. The van der Waals surface area contributed by atoms with Crippen LogP contribution in [0.3, 0.4) is 0 Å². The molecule has 4 rings (SSSR count). The van der Waals surface area contributed by atoms with Gasteiger partial charge in [0.15, 0.2) is 0 Å². The molecular formula is C21H25F3N6O. The Morgan fingerprint density at radius 1 is 0.839 bits per heavy atom. The van der Waals surface area contributed by atoms with E-state index >= 15 is 0 Å². The van der Waals surface area contributed by atoms with Crippen molar-refractivity contribution < 1.29 is 18.0 Å². The van der Waals surface area contributed by atoms with E-state index in [1.165, 1.54) is 12.1 Å². The summed E-state index contributed by atoms with van der Waals surface area (Å²) in [4.78, 5) is 29.8. The van der Waals surface area contributed by atoms with E-state index in [1.54, 1.807) is 11.2 Å². The summed E-state index contributed by atoms with van der Waals surface area (Å²) in [7, 11) is 2.11. The molecule has 2 aliphatic rings. The van der Waals surface area contributed by atoms with Gasteiger partial charge < -0.3 is 19.6 Å². The molecule has 1 aromatic heterocycles. The highest BCUT2D eigenvalue weighted by Crippen LogP contribution is 2.29. The van der Waals surface area contributed by atoms with Gasteiger partial charge in [0, 0.05) is 64.0 Å². The molecule has 31 heavy (non-hydrogen) atoms. The van der Waals surface area contributed by atoms with E-state index in [-0.39, 0.29) is 11.5 Å². The minimum atomic E-state index is -4.41. The highest BCUT2D eigenvalue weighted by atomic mass is 19.4. The van der Waals surface area contributed by atoms with Crippen molar-refractivity contribution in [3.05, 3.63) is 47.8 Å². The maximum absolute atomic E-state index is 12.7. The molecule has 0 saturated carbocycles. The lowest BCUT2D eigenvalue weighted by molar-refractivity contribution is -0.137. The van der Waals surface area contributed by atoms with E-state index in [1.807, 2.05) is 6.07 Å². The Morgan fingerprint density at radius 3 is 1.87 bits per heavy atom.